The van der Waals surface area contributed by atoms with Crippen molar-refractivity contribution in [2.24, 2.45) is 4.99 Å². The number of nitrogens with one attached hydrogen (secondary N) is 1. The molecular formula is C63H70Cl2FN11O11. The molecule has 2 bridgehead atoms. The number of nitrogens with zero attached hydrogens (tertiary/aromatic N) is 9. The number of methoxy groups -OCH3 is 1. The highest BCUT2D eigenvalue weighted by Crippen LogP contribution is 2.46. The molecule has 0 spiro atoms. The molecule has 6 aromatic rings. The van der Waals surface area contributed by atoms with Crippen molar-refractivity contribution in [1.82, 2.24) is 39.7 Å². The van der Waals surface area contributed by atoms with Gasteiger partial charge in [0.1, 0.15) is 53.6 Å². The summed E-state index contributed by atoms with van der Waals surface area (Å²) in [5.41, 5.74) is 10.4. The van der Waals surface area contributed by atoms with Crippen LogP contribution in [-0.4, -0.2) is 170 Å². The molecule has 3 aliphatic heterocycles. The summed E-state index contributed by atoms with van der Waals surface area (Å²) < 4.78 is 56.6. The Morgan fingerprint density at radius 2 is 1.50 bits per heavy atom. The lowest BCUT2D eigenvalue weighted by atomic mass is 9.93. The van der Waals surface area contributed by atoms with Gasteiger partial charge >= 0.3 is 6.03 Å². The number of ether oxygens (including phenoxy) is 7. The molecule has 88 heavy (non-hydrogen) atoms. The number of anilines is 1. The van der Waals surface area contributed by atoms with Crippen LogP contribution >= 0.6 is 23.2 Å². The highest BCUT2D eigenvalue weighted by atomic mass is 35.5. The summed E-state index contributed by atoms with van der Waals surface area (Å²) in [5, 5.41) is 19.0. The number of aliphatic imine (C=N–C) groups is 1. The molecule has 5 heterocycles. The van der Waals surface area contributed by atoms with Gasteiger partial charge in [-0.1, -0.05) is 47.5 Å². The summed E-state index contributed by atoms with van der Waals surface area (Å²) in [4.78, 5) is 71.2. The quantitative estimate of drug-likeness (QED) is 0.0540. The number of aromatic nitrogens is 3. The van der Waals surface area contributed by atoms with Gasteiger partial charge in [-0.05, 0) is 92.6 Å². The van der Waals surface area contributed by atoms with Crippen LogP contribution in [0.2, 0.25) is 10.0 Å². The summed E-state index contributed by atoms with van der Waals surface area (Å²) in [6.07, 6.45) is 0.596. The highest BCUT2D eigenvalue weighted by molar-refractivity contribution is 6.30. The Kier molecular flexibility index (Phi) is 21.9. The van der Waals surface area contributed by atoms with Gasteiger partial charge in [-0.25, -0.2) is 14.2 Å². The van der Waals surface area contributed by atoms with Crippen LogP contribution < -0.4 is 25.3 Å². The fraction of sp³-hybridized carbons (Fsp3) is 0.397. The third-order valence-corrected chi connectivity index (χ3v) is 15.3. The molecular weight excluding hydrogens is 1180 g/mol. The van der Waals surface area contributed by atoms with Crippen LogP contribution in [0.4, 0.5) is 15.0 Å². The molecule has 0 radical (unpaired) electrons. The van der Waals surface area contributed by atoms with E-state index in [0.29, 0.717) is 94.8 Å². The number of amides is 5. The summed E-state index contributed by atoms with van der Waals surface area (Å²) in [6.45, 7) is 8.75. The van der Waals surface area contributed by atoms with E-state index in [0.717, 1.165) is 11.1 Å². The SMILES string of the molecule is COc1ccc(C2=N[C@H](c3ccc(Cl)cc3)[C@H](c3ccc(Cl)cc3)N2C(=O)N2CCN(CCOCCOCCOCCOCCC(=O)NCCn3nc4c(c3C#N)-c3cnc(N)c(c3)O[C@H](C)c3cc(F)ccc3C(=O)N(C)C4)C(=O)C2)c(OC(C)C)c1. The molecule has 3 aliphatic rings. The van der Waals surface area contributed by atoms with Crippen LogP contribution in [0.1, 0.15) is 89.4 Å². The molecule has 9 rings (SSSR count). The topological polar surface area (TPSA) is 251 Å². The number of nitrogen functional groups attached to an aromatic ring is 1. The van der Waals surface area contributed by atoms with Crippen LogP contribution in [0.25, 0.3) is 11.1 Å². The van der Waals surface area contributed by atoms with E-state index in [1.807, 2.05) is 44.2 Å². The second-order valence-corrected chi connectivity index (χ2v) is 22.1. The zero-order valence-electron chi connectivity index (χ0n) is 49.6. The van der Waals surface area contributed by atoms with E-state index in [9.17, 15) is 24.0 Å². The molecule has 0 aliphatic carbocycles. The highest BCUT2D eigenvalue weighted by Gasteiger charge is 2.46. The second-order valence-electron chi connectivity index (χ2n) is 21.2. The van der Waals surface area contributed by atoms with Gasteiger partial charge in [-0.2, -0.15) is 10.4 Å². The number of amidine groups is 1. The number of hydrogen-bond donors (Lipinski definition) is 2. The van der Waals surface area contributed by atoms with Gasteiger partial charge in [0.15, 0.2) is 11.6 Å². The molecule has 0 saturated carbocycles. The maximum absolute atomic E-state index is 15.1. The number of pyridine rings is 1. The van der Waals surface area contributed by atoms with E-state index in [4.69, 9.17) is 72.2 Å². The van der Waals surface area contributed by atoms with E-state index < -0.39 is 29.9 Å². The fourth-order valence-corrected chi connectivity index (χ4v) is 10.7. The molecule has 2 aromatic heterocycles. The summed E-state index contributed by atoms with van der Waals surface area (Å²) in [5.74, 6) is 0.282. The average molecular weight is 1250 g/mol. The number of benzene rings is 4. The van der Waals surface area contributed by atoms with E-state index in [1.165, 1.54) is 34.0 Å². The van der Waals surface area contributed by atoms with E-state index in [2.05, 4.69) is 16.4 Å². The number of carbonyl (C=O) groups is 4. The number of fused-ring (bicyclic) bond motifs is 5. The zero-order chi connectivity index (χ0) is 62.4. The van der Waals surface area contributed by atoms with E-state index in [1.54, 1.807) is 78.2 Å². The van der Waals surface area contributed by atoms with E-state index >= 15 is 4.79 Å². The normalized spacial score (nSPS) is 16.7. The monoisotopic (exact) mass is 1250 g/mol. The Balaban J connectivity index is 0.674. The predicted molar refractivity (Wildman–Crippen MR) is 326 cm³/mol. The first-order valence-corrected chi connectivity index (χ1v) is 29.6. The van der Waals surface area contributed by atoms with Crippen molar-refractivity contribution >= 4 is 58.6 Å². The molecule has 464 valence electrons. The second kappa shape index (κ2) is 30.0. The molecule has 4 aromatic carbocycles. The maximum atomic E-state index is 15.1. The van der Waals surface area contributed by atoms with Crippen LogP contribution in [-0.2, 0) is 41.6 Å². The molecule has 1 saturated heterocycles. The number of hydrogen-bond acceptors (Lipinski definition) is 16. The Bertz CT molecular complexity index is 3530. The van der Waals surface area contributed by atoms with Crippen molar-refractivity contribution in [3.63, 3.8) is 0 Å². The van der Waals surface area contributed by atoms with Gasteiger partial charge in [-0.3, -0.25) is 29.0 Å². The van der Waals surface area contributed by atoms with Gasteiger partial charge in [0.2, 0.25) is 11.8 Å². The Hall–Kier alpha value is -8.37. The predicted octanol–water partition coefficient (Wildman–Crippen LogP) is 8.45. The van der Waals surface area contributed by atoms with Crippen LogP contribution in [0.15, 0.2) is 102 Å². The Morgan fingerprint density at radius 1 is 0.841 bits per heavy atom. The summed E-state index contributed by atoms with van der Waals surface area (Å²) in [6, 6.07) is 26.3. The minimum atomic E-state index is -0.775. The van der Waals surface area contributed by atoms with Gasteiger partial charge in [-0.15, -0.1) is 0 Å². The zero-order valence-corrected chi connectivity index (χ0v) is 51.1. The lowest BCUT2D eigenvalue weighted by Gasteiger charge is -2.38. The fourth-order valence-electron chi connectivity index (χ4n) is 10.5. The minimum absolute atomic E-state index is 0.00279. The number of nitrogens with two attached hydrogens (primary N) is 1. The summed E-state index contributed by atoms with van der Waals surface area (Å²) in [7, 11) is 3.16. The van der Waals surface area contributed by atoms with Crippen LogP contribution in [0, 0.1) is 17.1 Å². The first kappa shape index (κ1) is 64.1. The number of rotatable bonds is 24. The molecule has 22 nitrogen and oxygen atoms in total. The van der Waals surface area contributed by atoms with Gasteiger partial charge in [0.25, 0.3) is 5.91 Å². The summed E-state index contributed by atoms with van der Waals surface area (Å²) >= 11 is 12.7. The van der Waals surface area contributed by atoms with Gasteiger partial charge in [0.05, 0.1) is 96.5 Å². The molecule has 3 atom stereocenters. The molecule has 5 amide bonds. The van der Waals surface area contributed by atoms with Crippen molar-refractivity contribution in [3.05, 3.63) is 152 Å². The van der Waals surface area contributed by atoms with Crippen LogP contribution in [0.5, 0.6) is 17.2 Å². The van der Waals surface area contributed by atoms with Crippen LogP contribution in [0.3, 0.4) is 0 Å². The Morgan fingerprint density at radius 3 is 2.16 bits per heavy atom. The Labute approximate surface area is 519 Å². The van der Waals surface area contributed by atoms with Crippen molar-refractivity contribution in [2.75, 3.05) is 105 Å². The third kappa shape index (κ3) is 15.7. The average Bonchev–Trinajstić information content (AvgIpc) is 2.31. The number of carbonyl (C=O) groups excluding carboxylic acids is 4. The molecule has 3 N–H and O–H groups in total. The van der Waals surface area contributed by atoms with Crippen molar-refractivity contribution in [3.8, 4) is 34.4 Å². The smallest absolute Gasteiger partial charge is 0.326 e. The maximum Gasteiger partial charge on any atom is 0.326 e. The lowest BCUT2D eigenvalue weighted by molar-refractivity contribution is -0.135. The van der Waals surface area contributed by atoms with Crippen molar-refractivity contribution in [2.45, 2.75) is 64.6 Å². The largest absolute Gasteiger partial charge is 0.497 e. The standard InChI is InChI=1S/C63H70Cl2FN11O11/c1-39(2)87-53-34-47(82-5)15-17-49(53)61-71-58(41-6-10-44(64)11-7-41)59(42-8-12-45(65)13-9-42)77(61)63(81)75-22-21-74(56(79)38-75)23-25-84-27-29-86-31-30-85-28-26-83-24-18-55(78)69-19-20-76-52(35-67)57-43-32-54(60(68)70-36-43)88-40(3)50-33-46(66)14-16-48(50)62(80)73(4)37-51(57)72-76/h6-17,32-34,36,39-40,58-59H,18-31,37-38H2,1-5H3,(H2,68,70)(H,69,78)/t40-,58-,59+/m1/s1. The third-order valence-electron chi connectivity index (χ3n) is 14.8. The van der Waals surface area contributed by atoms with Gasteiger partial charge < -0.3 is 58.9 Å². The van der Waals surface area contributed by atoms with Gasteiger partial charge in [0, 0.05) is 84.2 Å². The number of urea groups is 1. The number of piperazine rings is 1. The van der Waals surface area contributed by atoms with Crippen molar-refractivity contribution in [1.29, 1.82) is 5.26 Å². The van der Waals surface area contributed by atoms with E-state index in [-0.39, 0.29) is 112 Å². The lowest BCUT2D eigenvalue weighted by Crippen LogP contribution is -2.56. The molecule has 1 fully saturated rings. The molecule has 25 heteroatoms. The number of nitriles is 1. The number of halogens is 3. The minimum Gasteiger partial charge on any atom is -0.497 e. The van der Waals surface area contributed by atoms with Crippen molar-refractivity contribution < 1.29 is 56.7 Å². The first-order chi connectivity index (χ1) is 42.5. The molecule has 0 unspecified atom stereocenters. The first-order valence-electron chi connectivity index (χ1n) is 28.9.